The monoisotopic (exact) mass is 499 g/mol. The standard InChI is InChI=1S/C29H50N3PSi/c1-19(2)23-14-13-15-24(20(3)4)26(23)30-25-21-16-17-22(18-21)27(25)33-31(28(5,6)7)34(11,12)32(33)29(8,9)10/h13-15,19-22,27H,16-18H2,1-12H3. The minimum Gasteiger partial charge on any atom is -0.272 e. The molecule has 1 aliphatic heterocycles. The molecule has 4 rings (SSSR count). The third-order valence-corrected chi connectivity index (χ3v) is 19.0. The molecule has 0 amide bonds. The van der Waals surface area contributed by atoms with Crippen LogP contribution in [0.4, 0.5) is 5.69 Å². The average molecular weight is 500 g/mol. The second kappa shape index (κ2) is 8.79. The van der Waals surface area contributed by atoms with Crippen molar-refractivity contribution in [2.75, 3.05) is 0 Å². The molecule has 34 heavy (non-hydrogen) atoms. The molecule has 1 aromatic carbocycles. The van der Waals surface area contributed by atoms with E-state index >= 15 is 0 Å². The maximum atomic E-state index is 5.74. The van der Waals surface area contributed by atoms with Crippen molar-refractivity contribution >= 4 is 28.0 Å². The predicted molar refractivity (Wildman–Crippen MR) is 154 cm³/mol. The second-order valence-electron chi connectivity index (χ2n) is 14.1. The Bertz CT molecular complexity index is 903. The SMILES string of the molecule is CC(C)c1cccc(C(C)C)c1N=C1C2CCC(C2)C1P1N(C(C)(C)C)[Si](C)(C)N1C(C)(C)C. The van der Waals surface area contributed by atoms with Gasteiger partial charge in [0.15, 0.2) is 0 Å². The van der Waals surface area contributed by atoms with Gasteiger partial charge in [0.05, 0.1) is 5.69 Å². The van der Waals surface area contributed by atoms with Crippen molar-refractivity contribution in [3.8, 4) is 0 Å². The zero-order valence-corrected chi connectivity index (χ0v) is 25.9. The number of benzene rings is 1. The lowest BCUT2D eigenvalue weighted by Gasteiger charge is -2.72. The first kappa shape index (κ1) is 26.5. The molecule has 0 spiro atoms. The lowest BCUT2D eigenvalue weighted by Crippen LogP contribution is -2.78. The summed E-state index contributed by atoms with van der Waals surface area (Å²) >= 11 is 0. The summed E-state index contributed by atoms with van der Waals surface area (Å²) in [7, 11) is -2.07. The van der Waals surface area contributed by atoms with Crippen molar-refractivity contribution < 1.29 is 0 Å². The Kier molecular flexibility index (Phi) is 6.85. The summed E-state index contributed by atoms with van der Waals surface area (Å²) in [6.07, 6.45) is 4.10. The lowest BCUT2D eigenvalue weighted by molar-refractivity contribution is 0.234. The molecular formula is C29H50N3PSi. The quantitative estimate of drug-likeness (QED) is 0.304. The summed E-state index contributed by atoms with van der Waals surface area (Å²) in [6, 6.07) is 6.90. The number of para-hydroxylation sites is 1. The molecule has 3 atom stereocenters. The van der Waals surface area contributed by atoms with Crippen LogP contribution in [0.3, 0.4) is 0 Å². The summed E-state index contributed by atoms with van der Waals surface area (Å²) in [6.45, 7) is 29.2. The van der Waals surface area contributed by atoms with Crippen LogP contribution in [-0.2, 0) is 0 Å². The molecular weight excluding hydrogens is 449 g/mol. The molecule has 2 saturated carbocycles. The summed E-state index contributed by atoms with van der Waals surface area (Å²) in [5.74, 6) is 2.48. The number of rotatable bonds is 4. The van der Waals surface area contributed by atoms with Gasteiger partial charge < -0.3 is 0 Å². The number of fused-ring (bicyclic) bond motifs is 2. The van der Waals surface area contributed by atoms with Gasteiger partial charge in [-0.15, -0.1) is 0 Å². The van der Waals surface area contributed by atoms with Crippen molar-refractivity contribution in [1.29, 1.82) is 0 Å². The van der Waals surface area contributed by atoms with Crippen LogP contribution in [0.5, 0.6) is 0 Å². The molecule has 3 fully saturated rings. The molecule has 1 saturated heterocycles. The van der Waals surface area contributed by atoms with Crippen LogP contribution in [0.15, 0.2) is 23.2 Å². The van der Waals surface area contributed by atoms with E-state index in [1.54, 1.807) is 5.71 Å². The molecule has 3 aliphatic rings. The first-order valence-electron chi connectivity index (χ1n) is 13.7. The zero-order valence-electron chi connectivity index (χ0n) is 24.0. The first-order chi connectivity index (χ1) is 15.6. The van der Waals surface area contributed by atoms with Crippen molar-refractivity contribution in [3.63, 3.8) is 0 Å². The minimum atomic E-state index is -1.68. The fourth-order valence-electron chi connectivity index (χ4n) is 7.44. The second-order valence-corrected chi connectivity index (χ2v) is 20.8. The topological polar surface area (TPSA) is 18.8 Å². The fourth-order valence-corrected chi connectivity index (χ4v) is 19.2. The van der Waals surface area contributed by atoms with Gasteiger partial charge in [0.1, 0.15) is 0 Å². The van der Waals surface area contributed by atoms with Gasteiger partial charge in [0.25, 0.3) is 0 Å². The van der Waals surface area contributed by atoms with E-state index in [1.807, 2.05) is 0 Å². The van der Waals surface area contributed by atoms with Gasteiger partial charge in [-0.3, -0.25) is 13.7 Å². The Hall–Kier alpha value is -0.543. The highest BCUT2D eigenvalue weighted by molar-refractivity contribution is 7.63. The van der Waals surface area contributed by atoms with Gasteiger partial charge in [-0.2, -0.15) is 0 Å². The molecule has 0 radical (unpaired) electrons. The Balaban J connectivity index is 1.87. The van der Waals surface area contributed by atoms with Crippen molar-refractivity contribution in [2.45, 2.75) is 130 Å². The minimum absolute atomic E-state index is 0.203. The van der Waals surface area contributed by atoms with E-state index in [4.69, 9.17) is 4.99 Å². The number of hydrogen-bond donors (Lipinski definition) is 0. The largest absolute Gasteiger partial charge is 0.272 e. The lowest BCUT2D eigenvalue weighted by atomic mass is 9.92. The highest BCUT2D eigenvalue weighted by atomic mass is 31.1. The molecule has 5 heteroatoms. The summed E-state index contributed by atoms with van der Waals surface area (Å²) in [5, 5.41) is 0. The third-order valence-electron chi connectivity index (χ3n) is 8.19. The predicted octanol–water partition coefficient (Wildman–Crippen LogP) is 9.03. The summed E-state index contributed by atoms with van der Waals surface area (Å²) < 4.78 is 6.03. The van der Waals surface area contributed by atoms with Crippen molar-refractivity contribution in [1.82, 2.24) is 8.67 Å². The Morgan fingerprint density at radius 3 is 1.82 bits per heavy atom. The molecule has 1 heterocycles. The van der Waals surface area contributed by atoms with Crippen LogP contribution in [0.1, 0.15) is 111 Å². The highest BCUT2D eigenvalue weighted by Crippen LogP contribution is 2.73. The van der Waals surface area contributed by atoms with E-state index in [-0.39, 0.29) is 11.1 Å². The third kappa shape index (κ3) is 4.29. The summed E-state index contributed by atoms with van der Waals surface area (Å²) in [5.41, 5.74) is 6.74. The number of aliphatic imine (C=N–C) groups is 1. The highest BCUT2D eigenvalue weighted by Gasteiger charge is 2.67. The van der Waals surface area contributed by atoms with Gasteiger partial charge >= 0.3 is 0 Å². The normalized spacial score (nSPS) is 29.6. The summed E-state index contributed by atoms with van der Waals surface area (Å²) in [4.78, 5) is 5.74. The van der Waals surface area contributed by atoms with E-state index < -0.39 is 16.6 Å². The van der Waals surface area contributed by atoms with Crippen LogP contribution in [-0.4, -0.2) is 39.5 Å². The maximum Gasteiger partial charge on any atom is 0.210 e. The van der Waals surface area contributed by atoms with Crippen LogP contribution >= 0.6 is 8.22 Å². The van der Waals surface area contributed by atoms with Gasteiger partial charge in [-0.25, -0.2) is 0 Å². The molecule has 3 nitrogen and oxygen atoms in total. The van der Waals surface area contributed by atoms with Crippen LogP contribution in [0.2, 0.25) is 13.1 Å². The van der Waals surface area contributed by atoms with E-state index in [9.17, 15) is 0 Å². The average Bonchev–Trinajstić information content (AvgIpc) is 3.25. The van der Waals surface area contributed by atoms with Crippen LogP contribution in [0, 0.1) is 11.8 Å². The van der Waals surface area contributed by atoms with Gasteiger partial charge in [0, 0.05) is 30.7 Å². The molecule has 0 aromatic heterocycles. The molecule has 2 aliphatic carbocycles. The van der Waals surface area contributed by atoms with Gasteiger partial charge in [-0.05, 0) is 109 Å². The van der Waals surface area contributed by atoms with Crippen molar-refractivity contribution in [3.05, 3.63) is 29.3 Å². The zero-order chi connectivity index (χ0) is 25.4. The molecule has 1 aromatic rings. The number of nitrogens with zero attached hydrogens (tertiary/aromatic N) is 3. The van der Waals surface area contributed by atoms with Crippen molar-refractivity contribution in [2.24, 2.45) is 16.8 Å². The smallest absolute Gasteiger partial charge is 0.210 e. The molecule has 2 bridgehead atoms. The van der Waals surface area contributed by atoms with Gasteiger partial charge in [0.2, 0.25) is 8.40 Å². The Morgan fingerprint density at radius 2 is 1.38 bits per heavy atom. The number of hydrogen-bond acceptors (Lipinski definition) is 3. The van der Waals surface area contributed by atoms with E-state index in [0.717, 1.165) is 5.92 Å². The molecule has 190 valence electrons. The van der Waals surface area contributed by atoms with E-state index in [0.29, 0.717) is 23.4 Å². The first-order valence-corrected chi connectivity index (χ1v) is 17.9. The van der Waals surface area contributed by atoms with E-state index in [1.165, 1.54) is 36.1 Å². The fraction of sp³-hybridized carbons (Fsp3) is 0.759. The Morgan fingerprint density at radius 1 is 0.882 bits per heavy atom. The molecule has 3 unspecified atom stereocenters. The Labute approximate surface area is 212 Å². The van der Waals surface area contributed by atoms with E-state index in [2.05, 4.69) is 109 Å². The molecule has 0 N–H and O–H groups in total. The van der Waals surface area contributed by atoms with Gasteiger partial charge in [-0.1, -0.05) is 45.9 Å². The van der Waals surface area contributed by atoms with Crippen LogP contribution < -0.4 is 0 Å². The maximum absolute atomic E-state index is 5.74. The van der Waals surface area contributed by atoms with Crippen LogP contribution in [0.25, 0.3) is 0 Å².